The Labute approximate surface area is 99.8 Å². The molecule has 0 spiro atoms. The van der Waals surface area contributed by atoms with E-state index in [1.165, 1.54) is 11.5 Å². The minimum atomic E-state index is -0.475. The van der Waals surface area contributed by atoms with Crippen LogP contribution in [0.5, 0.6) is 0 Å². The molecule has 0 amide bonds. The standard InChI is InChI=1S/C11H18N2O2S/c1-11(2,3)10-9(16-13-12-10)8(14)7-4-5-15-6-7/h7-8,14H,4-6H2,1-3H3. The zero-order valence-electron chi connectivity index (χ0n) is 9.93. The number of hydrogen-bond acceptors (Lipinski definition) is 5. The van der Waals surface area contributed by atoms with Crippen molar-refractivity contribution in [2.24, 2.45) is 5.92 Å². The molecule has 1 aromatic rings. The predicted molar refractivity (Wildman–Crippen MR) is 62.5 cm³/mol. The minimum Gasteiger partial charge on any atom is -0.387 e. The molecule has 1 N–H and O–H groups in total. The number of ether oxygens (including phenoxy) is 1. The third-order valence-electron chi connectivity index (χ3n) is 2.90. The van der Waals surface area contributed by atoms with Crippen molar-refractivity contribution in [3.63, 3.8) is 0 Å². The van der Waals surface area contributed by atoms with E-state index in [9.17, 15) is 5.11 Å². The molecule has 1 aliphatic rings. The molecular formula is C11H18N2O2S. The normalized spacial score (nSPS) is 23.6. The second-order valence-electron chi connectivity index (χ2n) is 5.30. The second-order valence-corrected chi connectivity index (χ2v) is 6.09. The molecule has 1 saturated heterocycles. The molecule has 90 valence electrons. The highest BCUT2D eigenvalue weighted by Gasteiger charge is 2.32. The summed E-state index contributed by atoms with van der Waals surface area (Å²) in [7, 11) is 0. The fourth-order valence-electron chi connectivity index (χ4n) is 1.93. The van der Waals surface area contributed by atoms with Crippen LogP contribution >= 0.6 is 11.5 Å². The predicted octanol–water partition coefficient (Wildman–Crippen LogP) is 1.91. The van der Waals surface area contributed by atoms with Gasteiger partial charge in [-0.3, -0.25) is 0 Å². The van der Waals surface area contributed by atoms with Crippen LogP contribution in [0.2, 0.25) is 0 Å². The molecule has 0 aliphatic carbocycles. The van der Waals surface area contributed by atoms with Crippen LogP contribution in [-0.4, -0.2) is 27.9 Å². The fourth-order valence-corrected chi connectivity index (χ4v) is 2.87. The minimum absolute atomic E-state index is 0.0667. The van der Waals surface area contributed by atoms with E-state index in [0.717, 1.165) is 23.6 Å². The van der Waals surface area contributed by atoms with Gasteiger partial charge in [-0.2, -0.15) is 0 Å². The zero-order chi connectivity index (χ0) is 11.8. The average molecular weight is 242 g/mol. The van der Waals surface area contributed by atoms with Crippen molar-refractivity contribution in [3.8, 4) is 0 Å². The largest absolute Gasteiger partial charge is 0.387 e. The van der Waals surface area contributed by atoms with E-state index in [-0.39, 0.29) is 11.3 Å². The highest BCUT2D eigenvalue weighted by atomic mass is 32.1. The molecular weight excluding hydrogens is 224 g/mol. The van der Waals surface area contributed by atoms with Crippen molar-refractivity contribution >= 4 is 11.5 Å². The monoisotopic (exact) mass is 242 g/mol. The van der Waals surface area contributed by atoms with Gasteiger partial charge < -0.3 is 9.84 Å². The van der Waals surface area contributed by atoms with E-state index in [1.807, 2.05) is 0 Å². The van der Waals surface area contributed by atoms with Crippen molar-refractivity contribution in [2.75, 3.05) is 13.2 Å². The molecule has 2 atom stereocenters. The van der Waals surface area contributed by atoms with Crippen LogP contribution in [0.15, 0.2) is 0 Å². The van der Waals surface area contributed by atoms with Crippen LogP contribution < -0.4 is 0 Å². The first-order valence-corrected chi connectivity index (χ1v) is 6.36. The summed E-state index contributed by atoms with van der Waals surface area (Å²) in [6, 6.07) is 0. The van der Waals surface area contributed by atoms with Crippen molar-refractivity contribution in [2.45, 2.75) is 38.7 Å². The topological polar surface area (TPSA) is 55.2 Å². The molecule has 1 aromatic heterocycles. The molecule has 0 radical (unpaired) electrons. The number of aliphatic hydroxyl groups is 1. The maximum atomic E-state index is 10.3. The summed E-state index contributed by atoms with van der Waals surface area (Å²) in [4.78, 5) is 0.906. The maximum absolute atomic E-state index is 10.3. The Bertz CT molecular complexity index is 353. The summed E-state index contributed by atoms with van der Waals surface area (Å²) in [6.07, 6.45) is 0.444. The molecule has 4 nitrogen and oxygen atoms in total. The van der Waals surface area contributed by atoms with Crippen molar-refractivity contribution in [3.05, 3.63) is 10.6 Å². The summed E-state index contributed by atoms with van der Waals surface area (Å²) in [6.45, 7) is 7.66. The highest BCUT2D eigenvalue weighted by molar-refractivity contribution is 7.05. The lowest BCUT2D eigenvalue weighted by Crippen LogP contribution is -2.19. The van der Waals surface area contributed by atoms with Gasteiger partial charge in [0.2, 0.25) is 0 Å². The zero-order valence-corrected chi connectivity index (χ0v) is 10.8. The van der Waals surface area contributed by atoms with Crippen LogP contribution in [0.4, 0.5) is 0 Å². The third-order valence-corrected chi connectivity index (χ3v) is 3.70. The Hall–Kier alpha value is -0.520. The number of aromatic nitrogens is 2. The lowest BCUT2D eigenvalue weighted by Gasteiger charge is -2.21. The van der Waals surface area contributed by atoms with Gasteiger partial charge in [0.05, 0.1) is 23.3 Å². The van der Waals surface area contributed by atoms with Crippen molar-refractivity contribution < 1.29 is 9.84 Å². The number of hydrogen-bond donors (Lipinski definition) is 1. The Morgan fingerprint density at radius 3 is 2.81 bits per heavy atom. The molecule has 5 heteroatoms. The molecule has 0 saturated carbocycles. The lowest BCUT2D eigenvalue weighted by molar-refractivity contribution is 0.0929. The van der Waals surface area contributed by atoms with E-state index in [4.69, 9.17) is 4.74 Å². The number of rotatable bonds is 2. The first kappa shape index (κ1) is 12.0. The molecule has 1 aliphatic heterocycles. The quantitative estimate of drug-likeness (QED) is 0.860. The number of nitrogens with zero attached hydrogens (tertiary/aromatic N) is 2. The van der Waals surface area contributed by atoms with Crippen LogP contribution in [-0.2, 0) is 10.2 Å². The first-order valence-electron chi connectivity index (χ1n) is 5.58. The maximum Gasteiger partial charge on any atom is 0.0968 e. The molecule has 0 aromatic carbocycles. The smallest absolute Gasteiger partial charge is 0.0968 e. The molecule has 0 bridgehead atoms. The third kappa shape index (κ3) is 2.26. The second kappa shape index (κ2) is 4.39. The molecule has 1 fully saturated rings. The van der Waals surface area contributed by atoms with Gasteiger partial charge in [0.1, 0.15) is 0 Å². The van der Waals surface area contributed by atoms with Crippen LogP contribution in [0.3, 0.4) is 0 Å². The van der Waals surface area contributed by atoms with E-state index in [1.54, 1.807) is 0 Å². The van der Waals surface area contributed by atoms with E-state index in [0.29, 0.717) is 6.61 Å². The Balaban J connectivity index is 2.23. The summed E-state index contributed by atoms with van der Waals surface area (Å²) >= 11 is 1.30. The average Bonchev–Trinajstić information content (AvgIpc) is 2.87. The first-order chi connectivity index (χ1) is 7.50. The van der Waals surface area contributed by atoms with E-state index in [2.05, 4.69) is 30.4 Å². The molecule has 2 heterocycles. The summed E-state index contributed by atoms with van der Waals surface area (Å²) in [5, 5.41) is 14.5. The molecule has 16 heavy (non-hydrogen) atoms. The van der Waals surface area contributed by atoms with Crippen LogP contribution in [0.1, 0.15) is 43.9 Å². The van der Waals surface area contributed by atoms with Crippen LogP contribution in [0, 0.1) is 5.92 Å². The van der Waals surface area contributed by atoms with Gasteiger partial charge in [0.25, 0.3) is 0 Å². The highest BCUT2D eigenvalue weighted by Crippen LogP contribution is 2.36. The van der Waals surface area contributed by atoms with Gasteiger partial charge in [-0.05, 0) is 18.0 Å². The van der Waals surface area contributed by atoms with Gasteiger partial charge in [-0.25, -0.2) is 0 Å². The Morgan fingerprint density at radius 1 is 1.50 bits per heavy atom. The lowest BCUT2D eigenvalue weighted by atomic mass is 9.88. The summed E-state index contributed by atoms with van der Waals surface area (Å²) in [5.74, 6) is 0.198. The van der Waals surface area contributed by atoms with Gasteiger partial charge in [0.15, 0.2) is 0 Å². The van der Waals surface area contributed by atoms with Gasteiger partial charge >= 0.3 is 0 Å². The van der Waals surface area contributed by atoms with Gasteiger partial charge in [0, 0.05) is 17.9 Å². The SMILES string of the molecule is CC(C)(C)c1nnsc1C(O)C1CCOC1. The van der Waals surface area contributed by atoms with Gasteiger partial charge in [-0.1, -0.05) is 25.3 Å². The van der Waals surface area contributed by atoms with Gasteiger partial charge in [-0.15, -0.1) is 5.10 Å². The fraction of sp³-hybridized carbons (Fsp3) is 0.818. The Kier molecular flexibility index (Phi) is 3.28. The van der Waals surface area contributed by atoms with Crippen molar-refractivity contribution in [1.82, 2.24) is 9.59 Å². The summed E-state index contributed by atoms with van der Waals surface area (Å²) in [5.41, 5.74) is 0.847. The molecule has 2 rings (SSSR count). The Morgan fingerprint density at radius 2 is 2.25 bits per heavy atom. The molecule has 2 unspecified atom stereocenters. The van der Waals surface area contributed by atoms with Crippen LogP contribution in [0.25, 0.3) is 0 Å². The van der Waals surface area contributed by atoms with E-state index >= 15 is 0 Å². The summed E-state index contributed by atoms with van der Waals surface area (Å²) < 4.78 is 9.28. The number of aliphatic hydroxyl groups excluding tert-OH is 1. The van der Waals surface area contributed by atoms with Crippen molar-refractivity contribution in [1.29, 1.82) is 0 Å². The van der Waals surface area contributed by atoms with E-state index < -0.39 is 6.10 Å².